The van der Waals surface area contributed by atoms with Crippen LogP contribution in [0.3, 0.4) is 0 Å². The fourth-order valence-electron chi connectivity index (χ4n) is 3.24. The van der Waals surface area contributed by atoms with Gasteiger partial charge in [0.15, 0.2) is 0 Å². The summed E-state index contributed by atoms with van der Waals surface area (Å²) in [6.07, 6.45) is -4.57. The number of carbonyl (C=O) groups excluding carboxylic acids is 2. The third kappa shape index (κ3) is 5.52. The summed E-state index contributed by atoms with van der Waals surface area (Å²) in [5.41, 5.74) is -1.13. The molecule has 34 heavy (non-hydrogen) atoms. The Bertz CT molecular complexity index is 1260. The van der Waals surface area contributed by atoms with E-state index in [0.717, 1.165) is 23.1 Å². The lowest BCUT2D eigenvalue weighted by atomic mass is 10.1. The highest BCUT2D eigenvalue weighted by molar-refractivity contribution is 6.34. The second-order valence-corrected chi connectivity index (χ2v) is 7.64. The van der Waals surface area contributed by atoms with Crippen LogP contribution in [0.5, 0.6) is 0 Å². The molecule has 0 unspecified atom stereocenters. The first-order valence-electron chi connectivity index (χ1n) is 9.74. The van der Waals surface area contributed by atoms with Gasteiger partial charge >= 0.3 is 6.18 Å². The summed E-state index contributed by atoms with van der Waals surface area (Å²) >= 11 is 6.00. The van der Waals surface area contributed by atoms with Gasteiger partial charge in [0.05, 0.1) is 32.3 Å². The monoisotopic (exact) mass is 491 g/mol. The van der Waals surface area contributed by atoms with Gasteiger partial charge in [0, 0.05) is 25.7 Å². The van der Waals surface area contributed by atoms with Gasteiger partial charge in [0.1, 0.15) is 0 Å². The largest absolute Gasteiger partial charge is 0.416 e. The molecule has 11 heteroatoms. The molecule has 1 N–H and O–H groups in total. The van der Waals surface area contributed by atoms with Crippen LogP contribution < -0.4 is 5.32 Å². The van der Waals surface area contributed by atoms with Gasteiger partial charge in [-0.1, -0.05) is 41.9 Å². The van der Waals surface area contributed by atoms with Crippen molar-refractivity contribution in [2.75, 3.05) is 12.4 Å². The number of nitro benzene ring substituents is 1. The summed E-state index contributed by atoms with van der Waals surface area (Å²) in [6, 6.07) is 14.2. The summed E-state index contributed by atoms with van der Waals surface area (Å²) in [4.78, 5) is 37.0. The molecule has 0 saturated carbocycles. The molecule has 3 aromatic carbocycles. The number of hydrogen-bond donors (Lipinski definition) is 1. The quantitative estimate of drug-likeness (QED) is 0.349. The molecule has 0 heterocycles. The molecule has 3 aromatic rings. The van der Waals surface area contributed by atoms with Gasteiger partial charge in [-0.3, -0.25) is 19.7 Å². The number of para-hydroxylation sites is 1. The molecule has 0 saturated heterocycles. The van der Waals surface area contributed by atoms with E-state index in [1.165, 1.54) is 43.4 Å². The van der Waals surface area contributed by atoms with Crippen LogP contribution in [0.2, 0.25) is 5.02 Å². The minimum absolute atomic E-state index is 0.0425. The third-order valence-electron chi connectivity index (χ3n) is 4.89. The molecular formula is C23H17ClF3N3O4. The molecule has 0 aliphatic heterocycles. The molecule has 0 aliphatic carbocycles. The molecule has 0 aliphatic rings. The maximum Gasteiger partial charge on any atom is 0.416 e. The lowest BCUT2D eigenvalue weighted by Crippen LogP contribution is -2.28. The van der Waals surface area contributed by atoms with Crippen LogP contribution in [0, 0.1) is 10.1 Å². The number of halogens is 4. The van der Waals surface area contributed by atoms with Gasteiger partial charge in [0.2, 0.25) is 0 Å². The number of rotatable bonds is 6. The standard InChI is InChI=1S/C23H17ClF3N3O4/c1-29(13-14-6-2-4-8-18(14)23(25,26)27)22(32)17-7-3-5-9-20(17)28-21(31)16-11-10-15(30(33)34)12-19(16)24/h2-12H,13H2,1H3,(H,28,31). The average Bonchev–Trinajstić information content (AvgIpc) is 2.78. The summed E-state index contributed by atoms with van der Waals surface area (Å²) < 4.78 is 39.9. The van der Waals surface area contributed by atoms with E-state index in [1.54, 1.807) is 12.1 Å². The van der Waals surface area contributed by atoms with Crippen molar-refractivity contribution in [3.8, 4) is 0 Å². The smallest absolute Gasteiger partial charge is 0.337 e. The Morgan fingerprint density at radius 1 is 1.03 bits per heavy atom. The number of anilines is 1. The number of nitrogens with one attached hydrogen (secondary N) is 1. The number of carbonyl (C=O) groups is 2. The normalized spacial score (nSPS) is 11.1. The molecule has 0 bridgehead atoms. The Hall–Kier alpha value is -3.92. The predicted octanol–water partition coefficient (Wildman–Crippen LogP) is 5.79. The summed E-state index contributed by atoms with van der Waals surface area (Å²) in [6.45, 7) is -0.315. The van der Waals surface area contributed by atoms with E-state index in [1.807, 2.05) is 0 Å². The molecule has 0 radical (unpaired) electrons. The summed E-state index contributed by atoms with van der Waals surface area (Å²) in [5, 5.41) is 13.2. The van der Waals surface area contributed by atoms with Crippen molar-refractivity contribution < 1.29 is 27.7 Å². The lowest BCUT2D eigenvalue weighted by molar-refractivity contribution is -0.384. The van der Waals surface area contributed by atoms with Crippen molar-refractivity contribution in [2.45, 2.75) is 12.7 Å². The van der Waals surface area contributed by atoms with Crippen LogP contribution in [0.1, 0.15) is 31.8 Å². The van der Waals surface area contributed by atoms with Crippen LogP contribution >= 0.6 is 11.6 Å². The van der Waals surface area contributed by atoms with Crippen LogP contribution in [-0.2, 0) is 12.7 Å². The van der Waals surface area contributed by atoms with Crippen LogP contribution in [0.15, 0.2) is 66.7 Å². The Morgan fingerprint density at radius 2 is 1.68 bits per heavy atom. The molecule has 176 valence electrons. The van der Waals surface area contributed by atoms with Gasteiger partial charge in [-0.05, 0) is 29.8 Å². The molecule has 0 fully saturated rings. The lowest BCUT2D eigenvalue weighted by Gasteiger charge is -2.21. The fourth-order valence-corrected chi connectivity index (χ4v) is 3.50. The van der Waals surface area contributed by atoms with E-state index in [4.69, 9.17) is 11.6 Å². The fraction of sp³-hybridized carbons (Fsp3) is 0.130. The second kappa shape index (κ2) is 9.92. The van der Waals surface area contributed by atoms with Gasteiger partial charge < -0.3 is 10.2 Å². The van der Waals surface area contributed by atoms with Gasteiger partial charge in [-0.2, -0.15) is 13.2 Å². The van der Waals surface area contributed by atoms with E-state index >= 15 is 0 Å². The highest BCUT2D eigenvalue weighted by Crippen LogP contribution is 2.32. The summed E-state index contributed by atoms with van der Waals surface area (Å²) in [5.74, 6) is -1.34. The number of nitrogens with zero attached hydrogens (tertiary/aromatic N) is 2. The molecule has 2 amide bonds. The molecule has 7 nitrogen and oxygen atoms in total. The van der Waals surface area contributed by atoms with Gasteiger partial charge in [0.25, 0.3) is 17.5 Å². The van der Waals surface area contributed by atoms with Crippen molar-refractivity contribution in [3.63, 3.8) is 0 Å². The van der Waals surface area contributed by atoms with E-state index in [2.05, 4.69) is 5.32 Å². The van der Waals surface area contributed by atoms with Gasteiger partial charge in [-0.15, -0.1) is 0 Å². The predicted molar refractivity (Wildman–Crippen MR) is 120 cm³/mol. The zero-order chi connectivity index (χ0) is 25.0. The first kappa shape index (κ1) is 24.7. The molecule has 0 aromatic heterocycles. The van der Waals surface area contributed by atoms with E-state index < -0.39 is 28.5 Å². The Kier molecular flexibility index (Phi) is 7.21. The molecule has 3 rings (SSSR count). The van der Waals surface area contributed by atoms with Crippen molar-refractivity contribution in [3.05, 3.63) is 104 Å². The molecule has 0 spiro atoms. The SMILES string of the molecule is CN(Cc1ccccc1C(F)(F)F)C(=O)c1ccccc1NC(=O)c1ccc([N+](=O)[O-])cc1Cl. The minimum Gasteiger partial charge on any atom is -0.337 e. The number of non-ortho nitro benzene ring substituents is 1. The molecular weight excluding hydrogens is 475 g/mol. The summed E-state index contributed by atoms with van der Waals surface area (Å²) in [7, 11) is 1.35. The second-order valence-electron chi connectivity index (χ2n) is 7.24. The van der Waals surface area contributed by atoms with Crippen molar-refractivity contribution >= 4 is 34.8 Å². The van der Waals surface area contributed by atoms with E-state index in [0.29, 0.717) is 0 Å². The van der Waals surface area contributed by atoms with Crippen molar-refractivity contribution in [2.24, 2.45) is 0 Å². The van der Waals surface area contributed by atoms with Gasteiger partial charge in [-0.25, -0.2) is 0 Å². The highest BCUT2D eigenvalue weighted by Gasteiger charge is 2.33. The van der Waals surface area contributed by atoms with Crippen LogP contribution in [-0.4, -0.2) is 28.7 Å². The number of nitro groups is 1. The number of amides is 2. The maximum absolute atomic E-state index is 13.3. The third-order valence-corrected chi connectivity index (χ3v) is 5.20. The first-order chi connectivity index (χ1) is 16.0. The topological polar surface area (TPSA) is 92.6 Å². The van der Waals surface area contributed by atoms with Crippen molar-refractivity contribution in [1.82, 2.24) is 4.90 Å². The number of hydrogen-bond acceptors (Lipinski definition) is 4. The Balaban J connectivity index is 1.83. The zero-order valence-electron chi connectivity index (χ0n) is 17.6. The maximum atomic E-state index is 13.3. The first-order valence-corrected chi connectivity index (χ1v) is 10.1. The highest BCUT2D eigenvalue weighted by atomic mass is 35.5. The minimum atomic E-state index is -4.57. The average molecular weight is 492 g/mol. The number of alkyl halides is 3. The Labute approximate surface area is 196 Å². The molecule has 0 atom stereocenters. The van der Waals surface area contributed by atoms with Crippen LogP contribution in [0.4, 0.5) is 24.5 Å². The van der Waals surface area contributed by atoms with E-state index in [-0.39, 0.29) is 39.6 Å². The van der Waals surface area contributed by atoms with Crippen molar-refractivity contribution in [1.29, 1.82) is 0 Å². The Morgan fingerprint density at radius 3 is 2.32 bits per heavy atom. The van der Waals surface area contributed by atoms with Crippen LogP contribution in [0.25, 0.3) is 0 Å². The van der Waals surface area contributed by atoms with E-state index in [9.17, 15) is 32.9 Å². The number of benzene rings is 3. The zero-order valence-corrected chi connectivity index (χ0v) is 18.4.